The van der Waals surface area contributed by atoms with E-state index in [1.807, 2.05) is 5.32 Å². The van der Waals surface area contributed by atoms with E-state index >= 15 is 0 Å². The van der Waals surface area contributed by atoms with Crippen molar-refractivity contribution in [1.29, 1.82) is 5.26 Å². The van der Waals surface area contributed by atoms with Crippen LogP contribution in [-0.4, -0.2) is 37.5 Å². The molecule has 84 valence electrons. The van der Waals surface area contributed by atoms with Gasteiger partial charge in [0.05, 0.1) is 6.26 Å². The highest BCUT2D eigenvalue weighted by Crippen LogP contribution is 2.19. The van der Waals surface area contributed by atoms with Crippen molar-refractivity contribution in [3.05, 3.63) is 0 Å². The summed E-state index contributed by atoms with van der Waals surface area (Å²) >= 11 is 0. The van der Waals surface area contributed by atoms with Crippen molar-refractivity contribution in [3.8, 4) is 6.19 Å². The first-order valence-corrected chi connectivity index (χ1v) is 6.47. The molecule has 0 aliphatic carbocycles. The summed E-state index contributed by atoms with van der Waals surface area (Å²) in [4.78, 5) is 11.4. The third kappa shape index (κ3) is 2.91. The molecule has 1 aliphatic rings. The summed E-state index contributed by atoms with van der Waals surface area (Å²) in [6.45, 7) is 0.350. The number of nitrogens with zero attached hydrogens (tertiary/aromatic N) is 2. The summed E-state index contributed by atoms with van der Waals surface area (Å²) in [5, 5.41) is 10.3. The van der Waals surface area contributed by atoms with Gasteiger partial charge in [-0.3, -0.25) is 10.1 Å². The molecule has 1 aliphatic heterocycles. The van der Waals surface area contributed by atoms with Crippen molar-refractivity contribution >= 4 is 15.9 Å². The van der Waals surface area contributed by atoms with Crippen molar-refractivity contribution in [1.82, 2.24) is 9.62 Å². The van der Waals surface area contributed by atoms with E-state index in [2.05, 4.69) is 0 Å². The molecule has 0 bridgehead atoms. The molecular weight excluding hydrogens is 218 g/mol. The van der Waals surface area contributed by atoms with Crippen LogP contribution in [0.3, 0.4) is 0 Å². The minimum atomic E-state index is -3.38. The van der Waals surface area contributed by atoms with Crippen LogP contribution in [-0.2, 0) is 14.8 Å². The molecule has 0 aromatic carbocycles. The van der Waals surface area contributed by atoms with Gasteiger partial charge in [-0.05, 0) is 12.8 Å². The summed E-state index contributed by atoms with van der Waals surface area (Å²) in [5.74, 6) is -0.539. The average Bonchev–Trinajstić information content (AvgIpc) is 2.17. The van der Waals surface area contributed by atoms with E-state index in [4.69, 9.17) is 5.26 Å². The first kappa shape index (κ1) is 11.9. The minimum Gasteiger partial charge on any atom is -0.272 e. The Morgan fingerprint density at radius 2 is 2.20 bits per heavy atom. The van der Waals surface area contributed by atoms with Gasteiger partial charge in [-0.1, -0.05) is 6.42 Å². The minimum absolute atomic E-state index is 0.350. The Morgan fingerprint density at radius 1 is 1.53 bits per heavy atom. The van der Waals surface area contributed by atoms with Crippen molar-refractivity contribution in [3.63, 3.8) is 0 Å². The van der Waals surface area contributed by atoms with E-state index in [0.29, 0.717) is 13.0 Å². The Morgan fingerprint density at radius 3 is 2.73 bits per heavy atom. The zero-order chi connectivity index (χ0) is 11.5. The van der Waals surface area contributed by atoms with Gasteiger partial charge in [0.15, 0.2) is 6.19 Å². The quantitative estimate of drug-likeness (QED) is 0.507. The normalized spacial score (nSPS) is 23.1. The molecule has 0 aromatic heterocycles. The molecule has 0 radical (unpaired) electrons. The van der Waals surface area contributed by atoms with E-state index in [9.17, 15) is 13.2 Å². The zero-order valence-corrected chi connectivity index (χ0v) is 9.25. The van der Waals surface area contributed by atoms with Crippen LogP contribution in [0.4, 0.5) is 0 Å². The van der Waals surface area contributed by atoms with Gasteiger partial charge >= 0.3 is 0 Å². The molecule has 1 fully saturated rings. The number of carbonyl (C=O) groups is 1. The summed E-state index contributed by atoms with van der Waals surface area (Å²) in [6.07, 6.45) is 4.62. The first-order valence-electron chi connectivity index (χ1n) is 4.62. The summed E-state index contributed by atoms with van der Waals surface area (Å²) < 4.78 is 23.9. The fraction of sp³-hybridized carbons (Fsp3) is 0.750. The monoisotopic (exact) mass is 231 g/mol. The van der Waals surface area contributed by atoms with Gasteiger partial charge in [0, 0.05) is 6.54 Å². The first-order chi connectivity index (χ1) is 6.96. The molecule has 0 aromatic rings. The van der Waals surface area contributed by atoms with Crippen LogP contribution in [0.25, 0.3) is 0 Å². The maximum Gasteiger partial charge on any atom is 0.251 e. The molecule has 1 atom stereocenters. The number of hydrogen-bond donors (Lipinski definition) is 1. The predicted octanol–water partition coefficient (Wildman–Crippen LogP) is -0.602. The topological polar surface area (TPSA) is 90.3 Å². The summed E-state index contributed by atoms with van der Waals surface area (Å²) in [6, 6.07) is -0.728. The SMILES string of the molecule is CS(=O)(=O)N1CCCCC1C(=O)NC#N. The second kappa shape index (κ2) is 4.59. The van der Waals surface area contributed by atoms with Crippen LogP contribution < -0.4 is 5.32 Å². The van der Waals surface area contributed by atoms with Crippen molar-refractivity contribution in [2.24, 2.45) is 0 Å². The third-order valence-corrected chi connectivity index (χ3v) is 3.65. The fourth-order valence-corrected chi connectivity index (χ4v) is 2.83. The number of piperidine rings is 1. The Bertz CT molecular complexity index is 384. The lowest BCUT2D eigenvalue weighted by molar-refractivity contribution is -0.124. The summed E-state index contributed by atoms with van der Waals surface area (Å²) in [5.41, 5.74) is 0. The van der Waals surface area contributed by atoms with Crippen LogP contribution in [0.5, 0.6) is 0 Å². The van der Waals surface area contributed by atoms with Gasteiger partial charge in [0.1, 0.15) is 6.04 Å². The lowest BCUT2D eigenvalue weighted by Crippen LogP contribution is -2.50. The van der Waals surface area contributed by atoms with Crippen molar-refractivity contribution in [2.75, 3.05) is 12.8 Å². The zero-order valence-electron chi connectivity index (χ0n) is 8.43. The maximum atomic E-state index is 11.4. The van der Waals surface area contributed by atoms with Gasteiger partial charge in [-0.25, -0.2) is 8.42 Å². The molecule has 1 saturated heterocycles. The standard InChI is InChI=1S/C8H13N3O3S/c1-15(13,14)11-5-3-2-4-7(11)8(12)10-6-9/h7H,2-5H2,1H3,(H,10,12). The lowest BCUT2D eigenvalue weighted by Gasteiger charge is -2.31. The van der Waals surface area contributed by atoms with Gasteiger partial charge in [0.2, 0.25) is 10.0 Å². The van der Waals surface area contributed by atoms with Crippen molar-refractivity contribution in [2.45, 2.75) is 25.3 Å². The molecule has 0 spiro atoms. The van der Waals surface area contributed by atoms with Crippen LogP contribution in [0.1, 0.15) is 19.3 Å². The fourth-order valence-electron chi connectivity index (χ4n) is 1.70. The number of sulfonamides is 1. The Balaban J connectivity index is 2.84. The van der Waals surface area contributed by atoms with Gasteiger partial charge in [-0.2, -0.15) is 9.57 Å². The van der Waals surface area contributed by atoms with Gasteiger partial charge in [0.25, 0.3) is 5.91 Å². The Labute approximate surface area is 88.9 Å². The molecule has 1 heterocycles. The number of carbonyl (C=O) groups excluding carboxylic acids is 1. The second-order valence-electron chi connectivity index (χ2n) is 3.49. The van der Waals surface area contributed by atoms with Gasteiger partial charge in [-0.15, -0.1) is 0 Å². The largest absolute Gasteiger partial charge is 0.272 e. The van der Waals surface area contributed by atoms with E-state index in [1.165, 1.54) is 6.19 Å². The van der Waals surface area contributed by atoms with E-state index in [-0.39, 0.29) is 0 Å². The highest BCUT2D eigenvalue weighted by molar-refractivity contribution is 7.88. The molecule has 7 heteroatoms. The highest BCUT2D eigenvalue weighted by Gasteiger charge is 2.34. The number of nitrogens with one attached hydrogen (secondary N) is 1. The van der Waals surface area contributed by atoms with E-state index < -0.39 is 22.0 Å². The molecule has 1 unspecified atom stereocenters. The van der Waals surface area contributed by atoms with Crippen molar-refractivity contribution < 1.29 is 13.2 Å². The molecule has 1 amide bonds. The molecular formula is C8H13N3O3S. The number of amides is 1. The van der Waals surface area contributed by atoms with Crippen LogP contribution in [0, 0.1) is 11.5 Å². The number of hydrogen-bond acceptors (Lipinski definition) is 4. The van der Waals surface area contributed by atoms with E-state index in [1.54, 1.807) is 0 Å². The Kier molecular flexibility index (Phi) is 3.66. The molecule has 15 heavy (non-hydrogen) atoms. The van der Waals surface area contributed by atoms with Crippen LogP contribution in [0.2, 0.25) is 0 Å². The summed E-state index contributed by atoms with van der Waals surface area (Å²) in [7, 11) is -3.38. The van der Waals surface area contributed by atoms with Crippen LogP contribution in [0.15, 0.2) is 0 Å². The highest BCUT2D eigenvalue weighted by atomic mass is 32.2. The Hall–Kier alpha value is -1.13. The molecule has 0 saturated carbocycles. The maximum absolute atomic E-state index is 11.4. The van der Waals surface area contributed by atoms with E-state index in [0.717, 1.165) is 23.4 Å². The average molecular weight is 231 g/mol. The van der Waals surface area contributed by atoms with Crippen LogP contribution >= 0.6 is 0 Å². The smallest absolute Gasteiger partial charge is 0.251 e. The molecule has 1 N–H and O–H groups in total. The number of rotatable bonds is 2. The molecule has 6 nitrogen and oxygen atoms in total. The predicted molar refractivity (Wildman–Crippen MR) is 52.9 cm³/mol. The number of nitriles is 1. The second-order valence-corrected chi connectivity index (χ2v) is 5.42. The molecule has 1 rings (SSSR count). The lowest BCUT2D eigenvalue weighted by atomic mass is 10.0. The third-order valence-electron chi connectivity index (χ3n) is 2.36. The van der Waals surface area contributed by atoms with Gasteiger partial charge < -0.3 is 0 Å².